The lowest BCUT2D eigenvalue weighted by Gasteiger charge is -2.36. The number of ether oxygens (including phenoxy) is 2. The van der Waals surface area contributed by atoms with Gasteiger partial charge in [0.15, 0.2) is 6.29 Å². The van der Waals surface area contributed by atoms with Gasteiger partial charge in [-0.05, 0) is 48.2 Å². The lowest BCUT2D eigenvalue weighted by molar-refractivity contribution is -0.245. The number of hydroxylamine groups is 1. The van der Waals surface area contributed by atoms with Gasteiger partial charge in [-0.2, -0.15) is 0 Å². The number of hydrogen-bond donors (Lipinski definition) is 4. The average Bonchev–Trinajstić information content (AvgIpc) is 3.02. The van der Waals surface area contributed by atoms with E-state index in [1.807, 2.05) is 66.7 Å². The third-order valence-corrected chi connectivity index (χ3v) is 7.87. The van der Waals surface area contributed by atoms with Gasteiger partial charge in [-0.15, -0.1) is 11.8 Å². The number of carbonyl (C=O) groups is 2. The normalized spacial score (nSPS) is 18.5. The fraction of sp³-hybridized carbons (Fsp3) is 0.387. The van der Waals surface area contributed by atoms with Crippen molar-refractivity contribution >= 4 is 29.3 Å². The Bertz CT molecular complexity index is 1240. The Morgan fingerprint density at radius 2 is 1.68 bits per heavy atom. The van der Waals surface area contributed by atoms with E-state index >= 15 is 0 Å². The van der Waals surface area contributed by atoms with E-state index in [0.717, 1.165) is 34.6 Å². The number of unbranched alkanes of at least 4 members (excludes halogenated alkanes) is 3. The molecule has 3 atom stereocenters. The summed E-state index contributed by atoms with van der Waals surface area (Å²) in [6, 6.07) is 21.2. The highest BCUT2D eigenvalue weighted by Gasteiger charge is 2.32. The Labute approximate surface area is 244 Å². The Hall–Kier alpha value is -3.28. The summed E-state index contributed by atoms with van der Waals surface area (Å²) in [5.41, 5.74) is 4.98. The molecule has 1 aliphatic heterocycles. The largest absolute Gasteiger partial charge is 0.392 e. The van der Waals surface area contributed by atoms with E-state index in [4.69, 9.17) is 14.7 Å². The number of pyridine rings is 1. The van der Waals surface area contributed by atoms with Crippen molar-refractivity contribution in [3.8, 4) is 0 Å². The summed E-state index contributed by atoms with van der Waals surface area (Å²) >= 11 is 1.64. The van der Waals surface area contributed by atoms with Crippen LogP contribution in [0.4, 0.5) is 5.69 Å². The standard InChI is InChI=1S/C31H37N3O6S/c35-20-22-13-15-23(16-14-22)27-19-26(21-41-30-12-5-6-17-32-30)39-31(40-27)24-8-7-9-25(18-24)33-28(36)10-3-1-2-4-11-29(37)34-38/h5-9,12-18,26-27,31,35,38H,1-4,10-11,19-21H2,(H,33,36)(H,34,37). The van der Waals surface area contributed by atoms with Crippen LogP contribution in [-0.4, -0.2) is 39.0 Å². The van der Waals surface area contributed by atoms with Crippen molar-refractivity contribution in [2.75, 3.05) is 11.1 Å². The van der Waals surface area contributed by atoms with Crippen LogP contribution in [0.3, 0.4) is 0 Å². The van der Waals surface area contributed by atoms with Gasteiger partial charge in [-0.25, -0.2) is 10.5 Å². The van der Waals surface area contributed by atoms with Gasteiger partial charge in [0.2, 0.25) is 11.8 Å². The maximum absolute atomic E-state index is 12.6. The molecule has 1 saturated heterocycles. The molecule has 0 spiro atoms. The summed E-state index contributed by atoms with van der Waals surface area (Å²) in [6.07, 6.45) is 5.24. The number of aliphatic hydroxyl groups is 1. The first-order chi connectivity index (χ1) is 20.0. The van der Waals surface area contributed by atoms with Gasteiger partial charge in [-0.3, -0.25) is 14.8 Å². The highest BCUT2D eigenvalue weighted by atomic mass is 32.2. The molecule has 4 rings (SSSR count). The van der Waals surface area contributed by atoms with Crippen molar-refractivity contribution in [2.45, 2.75) is 75.1 Å². The van der Waals surface area contributed by atoms with Crippen molar-refractivity contribution in [3.05, 3.63) is 89.6 Å². The molecule has 1 aromatic heterocycles. The van der Waals surface area contributed by atoms with Crippen molar-refractivity contribution in [2.24, 2.45) is 0 Å². The molecule has 1 fully saturated rings. The topological polar surface area (TPSA) is 130 Å². The van der Waals surface area contributed by atoms with Crippen LogP contribution in [0, 0.1) is 0 Å². The van der Waals surface area contributed by atoms with E-state index in [0.29, 0.717) is 37.1 Å². The van der Waals surface area contributed by atoms with E-state index in [2.05, 4.69) is 10.3 Å². The van der Waals surface area contributed by atoms with Crippen LogP contribution >= 0.6 is 11.8 Å². The fourth-order valence-electron chi connectivity index (χ4n) is 4.60. The predicted molar refractivity (Wildman–Crippen MR) is 156 cm³/mol. The summed E-state index contributed by atoms with van der Waals surface area (Å²) in [4.78, 5) is 28.0. The highest BCUT2D eigenvalue weighted by molar-refractivity contribution is 7.99. The number of nitrogens with zero attached hydrogens (tertiary/aromatic N) is 1. The fourth-order valence-corrected chi connectivity index (χ4v) is 5.48. The second-order valence-corrected chi connectivity index (χ2v) is 11.0. The summed E-state index contributed by atoms with van der Waals surface area (Å²) in [5, 5.41) is 21.9. The zero-order valence-corrected chi connectivity index (χ0v) is 23.7. The van der Waals surface area contributed by atoms with E-state index in [1.54, 1.807) is 23.4 Å². The van der Waals surface area contributed by atoms with Crippen molar-refractivity contribution in [3.63, 3.8) is 0 Å². The first-order valence-corrected chi connectivity index (χ1v) is 14.9. The zero-order valence-electron chi connectivity index (χ0n) is 22.9. The first-order valence-electron chi connectivity index (χ1n) is 13.9. The van der Waals surface area contributed by atoms with Gasteiger partial charge < -0.3 is 19.9 Å². The Balaban J connectivity index is 1.37. The molecule has 218 valence electrons. The third-order valence-electron chi connectivity index (χ3n) is 6.79. The molecule has 10 heteroatoms. The summed E-state index contributed by atoms with van der Waals surface area (Å²) in [7, 11) is 0. The van der Waals surface area contributed by atoms with Crippen LogP contribution in [0.1, 0.15) is 74.0 Å². The maximum Gasteiger partial charge on any atom is 0.243 e. The third kappa shape index (κ3) is 9.94. The smallest absolute Gasteiger partial charge is 0.243 e. The number of aliphatic hydroxyl groups excluding tert-OH is 1. The maximum atomic E-state index is 12.6. The van der Waals surface area contributed by atoms with Gasteiger partial charge in [0, 0.05) is 42.5 Å². The molecule has 1 aliphatic rings. The summed E-state index contributed by atoms with van der Waals surface area (Å²) < 4.78 is 12.8. The van der Waals surface area contributed by atoms with Crippen molar-refractivity contribution < 1.29 is 29.4 Å². The van der Waals surface area contributed by atoms with Crippen molar-refractivity contribution in [1.82, 2.24) is 10.5 Å². The van der Waals surface area contributed by atoms with Crippen LogP contribution < -0.4 is 10.8 Å². The van der Waals surface area contributed by atoms with E-state index in [9.17, 15) is 14.7 Å². The lowest BCUT2D eigenvalue weighted by atomic mass is 10.0. The molecular formula is C31H37N3O6S. The molecule has 2 aromatic carbocycles. The highest BCUT2D eigenvalue weighted by Crippen LogP contribution is 2.39. The molecule has 2 amide bonds. The van der Waals surface area contributed by atoms with Crippen molar-refractivity contribution in [1.29, 1.82) is 0 Å². The molecule has 3 unspecified atom stereocenters. The monoisotopic (exact) mass is 579 g/mol. The van der Waals surface area contributed by atoms with Crippen LogP contribution in [0.15, 0.2) is 78.0 Å². The minimum atomic E-state index is -0.617. The minimum Gasteiger partial charge on any atom is -0.392 e. The number of hydrogen-bond acceptors (Lipinski definition) is 8. The molecule has 0 radical (unpaired) electrons. The van der Waals surface area contributed by atoms with Crippen LogP contribution in [-0.2, 0) is 25.7 Å². The molecule has 2 heterocycles. The Morgan fingerprint density at radius 1 is 0.902 bits per heavy atom. The molecule has 4 N–H and O–H groups in total. The quantitative estimate of drug-likeness (QED) is 0.0829. The number of aromatic nitrogens is 1. The Morgan fingerprint density at radius 3 is 2.39 bits per heavy atom. The molecule has 3 aromatic rings. The molecular weight excluding hydrogens is 542 g/mol. The van der Waals surface area contributed by atoms with E-state index in [1.165, 1.54) is 0 Å². The van der Waals surface area contributed by atoms with Gasteiger partial charge in [0.25, 0.3) is 0 Å². The summed E-state index contributed by atoms with van der Waals surface area (Å²) in [5.74, 6) is 0.244. The number of amides is 2. The number of thioether (sulfide) groups is 1. The van der Waals surface area contributed by atoms with Gasteiger partial charge in [-0.1, -0.05) is 55.3 Å². The average molecular weight is 580 g/mol. The SMILES string of the molecule is O=C(CCCCCCC(=O)Nc1cccc(C2OC(CSc3ccccn3)CC(c3ccc(CO)cc3)O2)c1)NO. The predicted octanol–water partition coefficient (Wildman–Crippen LogP) is 5.70. The van der Waals surface area contributed by atoms with Crippen LogP contribution in [0.2, 0.25) is 0 Å². The second kappa shape index (κ2) is 16.2. The minimum absolute atomic E-state index is 0.0112. The lowest BCUT2D eigenvalue weighted by Crippen LogP contribution is -2.31. The number of rotatable bonds is 14. The molecule has 41 heavy (non-hydrogen) atoms. The molecule has 0 bridgehead atoms. The van der Waals surface area contributed by atoms with Gasteiger partial charge >= 0.3 is 0 Å². The summed E-state index contributed by atoms with van der Waals surface area (Å²) in [6.45, 7) is -0.0112. The number of benzene rings is 2. The van der Waals surface area contributed by atoms with Crippen LogP contribution in [0.25, 0.3) is 0 Å². The second-order valence-electron chi connectivity index (χ2n) is 9.95. The van der Waals surface area contributed by atoms with Gasteiger partial charge in [0.05, 0.1) is 23.8 Å². The molecule has 9 nitrogen and oxygen atoms in total. The van der Waals surface area contributed by atoms with Gasteiger partial charge in [0.1, 0.15) is 0 Å². The molecule has 0 saturated carbocycles. The Kier molecular flexibility index (Phi) is 12.1. The zero-order chi connectivity index (χ0) is 28.9. The van der Waals surface area contributed by atoms with Crippen LogP contribution in [0.5, 0.6) is 0 Å². The van der Waals surface area contributed by atoms with E-state index in [-0.39, 0.29) is 31.1 Å². The number of carbonyl (C=O) groups excluding carboxylic acids is 2. The number of nitrogens with one attached hydrogen (secondary N) is 2. The number of anilines is 1. The first kappa shape index (κ1) is 30.7. The molecule has 0 aliphatic carbocycles. The van der Waals surface area contributed by atoms with E-state index < -0.39 is 12.2 Å².